The van der Waals surface area contributed by atoms with Gasteiger partial charge in [0.05, 0.1) is 11.4 Å². The molecule has 0 radical (unpaired) electrons. The second-order valence-electron chi connectivity index (χ2n) is 3.32. The van der Waals surface area contributed by atoms with Crippen LogP contribution in [0.2, 0.25) is 0 Å². The van der Waals surface area contributed by atoms with E-state index in [1.54, 1.807) is 6.92 Å². The summed E-state index contributed by atoms with van der Waals surface area (Å²) in [5, 5.41) is 2.30. The number of halogens is 3. The predicted octanol–water partition coefficient (Wildman–Crippen LogP) is 2.06. The molecular formula is C10H11F3N2O2S. The Balaban J connectivity index is 2.62. The Hall–Kier alpha value is -1.44. The molecule has 0 saturated heterocycles. The van der Waals surface area contributed by atoms with Gasteiger partial charge in [-0.05, 0) is 24.8 Å². The van der Waals surface area contributed by atoms with Gasteiger partial charge in [-0.1, -0.05) is 0 Å². The van der Waals surface area contributed by atoms with E-state index in [1.807, 2.05) is 0 Å². The lowest BCUT2D eigenvalue weighted by Crippen LogP contribution is -2.21. The number of hydrogen-bond acceptors (Lipinski definition) is 3. The molecule has 1 aromatic heterocycles. The lowest BCUT2D eigenvalue weighted by Gasteiger charge is -2.08. The predicted molar refractivity (Wildman–Crippen MR) is 63.5 cm³/mol. The highest BCUT2D eigenvalue weighted by Gasteiger charge is 2.29. The number of nitrogens with one attached hydrogen (secondary N) is 1. The minimum Gasteiger partial charge on any atom is -0.324 e. The van der Waals surface area contributed by atoms with Crippen molar-refractivity contribution in [1.29, 1.82) is 0 Å². The molecule has 1 heterocycles. The van der Waals surface area contributed by atoms with E-state index in [4.69, 9.17) is 0 Å². The monoisotopic (exact) mass is 280 g/mol. The Bertz CT molecular complexity index is 485. The molecular weight excluding hydrogens is 269 g/mol. The van der Waals surface area contributed by atoms with Crippen LogP contribution in [0.4, 0.5) is 18.9 Å². The average molecular weight is 280 g/mol. The SMILES string of the molecule is CCn1cc(NC(=O)CSC(F)(F)F)ccc1=O. The number of pyridine rings is 1. The Morgan fingerprint density at radius 1 is 1.44 bits per heavy atom. The van der Waals surface area contributed by atoms with Gasteiger partial charge in [0.15, 0.2) is 0 Å². The number of nitrogens with zero attached hydrogens (tertiary/aromatic N) is 1. The molecule has 0 aliphatic heterocycles. The molecule has 1 amide bonds. The first kappa shape index (κ1) is 14.6. The second kappa shape index (κ2) is 5.94. The molecule has 0 spiro atoms. The summed E-state index contributed by atoms with van der Waals surface area (Å²) >= 11 is -0.407. The van der Waals surface area contributed by atoms with Crippen LogP contribution in [-0.4, -0.2) is 21.7 Å². The van der Waals surface area contributed by atoms with E-state index in [2.05, 4.69) is 5.32 Å². The Morgan fingerprint density at radius 3 is 2.67 bits per heavy atom. The molecule has 0 aromatic carbocycles. The lowest BCUT2D eigenvalue weighted by atomic mass is 10.4. The minimum atomic E-state index is -4.43. The van der Waals surface area contributed by atoms with E-state index in [9.17, 15) is 22.8 Å². The molecule has 8 heteroatoms. The molecule has 4 nitrogen and oxygen atoms in total. The number of thioether (sulfide) groups is 1. The summed E-state index contributed by atoms with van der Waals surface area (Å²) in [6.07, 6.45) is 1.39. The van der Waals surface area contributed by atoms with E-state index >= 15 is 0 Å². The average Bonchev–Trinajstić information content (AvgIpc) is 2.28. The Morgan fingerprint density at radius 2 is 2.11 bits per heavy atom. The van der Waals surface area contributed by atoms with Crippen molar-refractivity contribution in [3.8, 4) is 0 Å². The number of carbonyl (C=O) groups is 1. The molecule has 1 rings (SSSR count). The number of aromatic nitrogens is 1. The van der Waals surface area contributed by atoms with Crippen LogP contribution in [0.1, 0.15) is 6.92 Å². The van der Waals surface area contributed by atoms with Crippen molar-refractivity contribution in [2.24, 2.45) is 0 Å². The number of hydrogen-bond donors (Lipinski definition) is 1. The van der Waals surface area contributed by atoms with Crippen molar-refractivity contribution in [3.05, 3.63) is 28.7 Å². The highest BCUT2D eigenvalue weighted by Crippen LogP contribution is 2.29. The van der Waals surface area contributed by atoms with Crippen LogP contribution >= 0.6 is 11.8 Å². The topological polar surface area (TPSA) is 51.1 Å². The Labute approximate surface area is 105 Å². The number of carbonyl (C=O) groups excluding carboxylic acids is 1. The van der Waals surface area contributed by atoms with E-state index < -0.39 is 28.9 Å². The van der Waals surface area contributed by atoms with Gasteiger partial charge in [0.1, 0.15) is 0 Å². The molecule has 0 saturated carbocycles. The zero-order chi connectivity index (χ0) is 13.8. The normalized spacial score (nSPS) is 11.3. The van der Waals surface area contributed by atoms with Gasteiger partial charge in [-0.3, -0.25) is 9.59 Å². The molecule has 1 aromatic rings. The van der Waals surface area contributed by atoms with Crippen molar-refractivity contribution in [3.63, 3.8) is 0 Å². The van der Waals surface area contributed by atoms with Gasteiger partial charge in [0, 0.05) is 18.8 Å². The molecule has 0 aliphatic rings. The number of alkyl halides is 3. The van der Waals surface area contributed by atoms with Crippen LogP contribution in [0, 0.1) is 0 Å². The molecule has 100 valence electrons. The van der Waals surface area contributed by atoms with Crippen molar-refractivity contribution in [2.45, 2.75) is 19.0 Å². The molecule has 0 fully saturated rings. The lowest BCUT2D eigenvalue weighted by molar-refractivity contribution is -0.114. The zero-order valence-electron chi connectivity index (χ0n) is 9.45. The second-order valence-corrected chi connectivity index (χ2v) is 4.36. The van der Waals surface area contributed by atoms with Crippen molar-refractivity contribution < 1.29 is 18.0 Å². The molecule has 0 aliphatic carbocycles. The van der Waals surface area contributed by atoms with Crippen LogP contribution in [-0.2, 0) is 11.3 Å². The molecule has 0 atom stereocenters. The molecule has 1 N–H and O–H groups in total. The van der Waals surface area contributed by atoms with Gasteiger partial charge in [-0.15, -0.1) is 0 Å². The highest BCUT2D eigenvalue weighted by atomic mass is 32.2. The maximum absolute atomic E-state index is 11.9. The first-order valence-corrected chi connectivity index (χ1v) is 6.01. The number of aryl methyl sites for hydroxylation is 1. The third kappa shape index (κ3) is 4.82. The summed E-state index contributed by atoms with van der Waals surface area (Å²) in [4.78, 5) is 22.5. The fraction of sp³-hybridized carbons (Fsp3) is 0.400. The fourth-order valence-corrected chi connectivity index (χ4v) is 1.56. The van der Waals surface area contributed by atoms with Gasteiger partial charge >= 0.3 is 5.51 Å². The van der Waals surface area contributed by atoms with Gasteiger partial charge in [0.2, 0.25) is 5.91 Å². The van der Waals surface area contributed by atoms with Crippen molar-refractivity contribution >= 4 is 23.4 Å². The Kier molecular flexibility index (Phi) is 4.83. The smallest absolute Gasteiger partial charge is 0.324 e. The standard InChI is InChI=1S/C10H11F3N2O2S/c1-2-15-5-7(3-4-9(15)17)14-8(16)6-18-10(11,12)13/h3-5H,2,6H2,1H3,(H,14,16). The summed E-state index contributed by atoms with van der Waals surface area (Å²) in [7, 11) is 0. The molecule has 0 unspecified atom stereocenters. The van der Waals surface area contributed by atoms with E-state index in [1.165, 1.54) is 22.9 Å². The van der Waals surface area contributed by atoms with Crippen LogP contribution in [0.15, 0.2) is 23.1 Å². The van der Waals surface area contributed by atoms with Gasteiger partial charge in [0.25, 0.3) is 5.56 Å². The number of anilines is 1. The molecule has 18 heavy (non-hydrogen) atoms. The highest BCUT2D eigenvalue weighted by molar-refractivity contribution is 8.00. The van der Waals surface area contributed by atoms with Gasteiger partial charge in [-0.25, -0.2) is 0 Å². The third-order valence-electron chi connectivity index (χ3n) is 1.97. The summed E-state index contributed by atoms with van der Waals surface area (Å²) in [6.45, 7) is 2.16. The maximum Gasteiger partial charge on any atom is 0.442 e. The number of rotatable bonds is 4. The van der Waals surface area contributed by atoms with Crippen molar-refractivity contribution in [1.82, 2.24) is 4.57 Å². The quantitative estimate of drug-likeness (QED) is 0.918. The van der Waals surface area contributed by atoms with Crippen LogP contribution in [0.3, 0.4) is 0 Å². The van der Waals surface area contributed by atoms with Gasteiger partial charge < -0.3 is 9.88 Å². The van der Waals surface area contributed by atoms with E-state index in [0.717, 1.165) is 0 Å². The minimum absolute atomic E-state index is 0.236. The summed E-state index contributed by atoms with van der Waals surface area (Å²) in [6, 6.07) is 2.60. The first-order valence-electron chi connectivity index (χ1n) is 5.03. The van der Waals surface area contributed by atoms with E-state index in [-0.39, 0.29) is 5.56 Å². The summed E-state index contributed by atoms with van der Waals surface area (Å²) in [5.41, 5.74) is -4.37. The number of amides is 1. The summed E-state index contributed by atoms with van der Waals surface area (Å²) < 4.78 is 36.9. The maximum atomic E-state index is 11.9. The molecule has 0 bridgehead atoms. The summed E-state index contributed by atoms with van der Waals surface area (Å²) in [5.74, 6) is -1.48. The van der Waals surface area contributed by atoms with Crippen LogP contribution in [0.5, 0.6) is 0 Å². The van der Waals surface area contributed by atoms with Crippen molar-refractivity contribution in [2.75, 3.05) is 11.1 Å². The van der Waals surface area contributed by atoms with Gasteiger partial charge in [-0.2, -0.15) is 13.2 Å². The first-order chi connectivity index (χ1) is 8.31. The zero-order valence-corrected chi connectivity index (χ0v) is 10.3. The van der Waals surface area contributed by atoms with Crippen LogP contribution in [0.25, 0.3) is 0 Å². The largest absolute Gasteiger partial charge is 0.442 e. The van der Waals surface area contributed by atoms with Crippen LogP contribution < -0.4 is 10.9 Å². The third-order valence-corrected chi connectivity index (χ3v) is 2.71. The fourth-order valence-electron chi connectivity index (χ4n) is 1.20. The van der Waals surface area contributed by atoms with E-state index in [0.29, 0.717) is 12.2 Å².